The highest BCUT2D eigenvalue weighted by Gasteiger charge is 2.48. The number of amides is 2. The van der Waals surface area contributed by atoms with Crippen LogP contribution in [0, 0.1) is 23.2 Å². The van der Waals surface area contributed by atoms with Gasteiger partial charge in [-0.05, 0) is 63.2 Å². The highest BCUT2D eigenvalue weighted by Crippen LogP contribution is 2.46. The van der Waals surface area contributed by atoms with Crippen LogP contribution in [0.25, 0.3) is 0 Å². The fourth-order valence-electron chi connectivity index (χ4n) is 6.44. The lowest BCUT2D eigenvalue weighted by Gasteiger charge is -2.40. The third-order valence-electron chi connectivity index (χ3n) is 8.74. The Morgan fingerprint density at radius 2 is 1.48 bits per heavy atom. The highest BCUT2D eigenvalue weighted by molar-refractivity contribution is 5.85. The van der Waals surface area contributed by atoms with E-state index in [0.29, 0.717) is 29.8 Å². The van der Waals surface area contributed by atoms with Crippen molar-refractivity contribution in [3.05, 3.63) is 0 Å². The number of carbonyl (C=O) groups is 2. The van der Waals surface area contributed by atoms with E-state index in [1.807, 2.05) is 9.80 Å². The summed E-state index contributed by atoms with van der Waals surface area (Å²) in [6.07, 6.45) is 11.9. The van der Waals surface area contributed by atoms with Crippen molar-refractivity contribution < 1.29 is 9.59 Å². The van der Waals surface area contributed by atoms with Gasteiger partial charge in [-0.3, -0.25) is 20.4 Å². The normalized spacial score (nSPS) is 39.1. The van der Waals surface area contributed by atoms with E-state index in [4.69, 9.17) is 0 Å². The van der Waals surface area contributed by atoms with Crippen molar-refractivity contribution in [2.24, 2.45) is 23.2 Å². The largest absolute Gasteiger partial charge is 0.339 e. The predicted octanol–water partition coefficient (Wildman–Crippen LogP) is 2.30. The van der Waals surface area contributed by atoms with Crippen LogP contribution in [0.15, 0.2) is 0 Å². The Bertz CT molecular complexity index is 633. The van der Waals surface area contributed by atoms with Gasteiger partial charge in [-0.15, -0.1) is 0 Å². The van der Waals surface area contributed by atoms with E-state index in [1.165, 1.54) is 38.5 Å². The molecule has 5 fully saturated rings. The first-order chi connectivity index (χ1) is 14.0. The van der Waals surface area contributed by atoms with Gasteiger partial charge < -0.3 is 9.80 Å². The SMILES string of the molecule is CC1(C(=O)N2CCN(C(=O)C3CCC(C4NNC5CCCCC54)CC3)CC2)CC1. The molecule has 6 nitrogen and oxygen atoms in total. The Morgan fingerprint density at radius 3 is 2.17 bits per heavy atom. The van der Waals surface area contributed by atoms with E-state index in [2.05, 4.69) is 17.8 Å². The number of nitrogens with one attached hydrogen (secondary N) is 2. The summed E-state index contributed by atoms with van der Waals surface area (Å²) in [4.78, 5) is 29.7. The molecule has 5 rings (SSSR count). The van der Waals surface area contributed by atoms with Crippen LogP contribution in [-0.4, -0.2) is 59.9 Å². The van der Waals surface area contributed by atoms with Crippen molar-refractivity contribution >= 4 is 11.8 Å². The van der Waals surface area contributed by atoms with Crippen molar-refractivity contribution in [2.75, 3.05) is 26.2 Å². The second-order valence-electron chi connectivity index (χ2n) is 10.7. The van der Waals surface area contributed by atoms with Crippen molar-refractivity contribution in [3.63, 3.8) is 0 Å². The molecule has 3 atom stereocenters. The van der Waals surface area contributed by atoms with Gasteiger partial charge in [-0.1, -0.05) is 19.8 Å². The Hall–Kier alpha value is -1.14. The Morgan fingerprint density at radius 1 is 0.828 bits per heavy atom. The van der Waals surface area contributed by atoms with E-state index in [1.54, 1.807) is 0 Å². The fourth-order valence-corrected chi connectivity index (χ4v) is 6.44. The maximum absolute atomic E-state index is 13.1. The second-order valence-corrected chi connectivity index (χ2v) is 10.7. The Labute approximate surface area is 175 Å². The molecule has 29 heavy (non-hydrogen) atoms. The molecule has 0 aromatic carbocycles. The number of rotatable bonds is 3. The molecule has 2 saturated heterocycles. The van der Waals surface area contributed by atoms with Crippen molar-refractivity contribution in [3.8, 4) is 0 Å². The number of nitrogens with zero attached hydrogens (tertiary/aromatic N) is 2. The first-order valence-corrected chi connectivity index (χ1v) is 12.1. The van der Waals surface area contributed by atoms with E-state index in [0.717, 1.165) is 57.8 Å². The molecule has 5 aliphatic rings. The number of fused-ring (bicyclic) bond motifs is 1. The lowest BCUT2D eigenvalue weighted by atomic mass is 9.71. The Kier molecular flexibility index (Phi) is 5.35. The van der Waals surface area contributed by atoms with Crippen LogP contribution in [0.1, 0.15) is 71.1 Å². The van der Waals surface area contributed by atoms with Gasteiger partial charge >= 0.3 is 0 Å². The average Bonchev–Trinajstić information content (AvgIpc) is 3.38. The van der Waals surface area contributed by atoms with Crippen LogP contribution in [0.3, 0.4) is 0 Å². The van der Waals surface area contributed by atoms with Gasteiger partial charge in [0, 0.05) is 49.6 Å². The summed E-state index contributed by atoms with van der Waals surface area (Å²) in [6.45, 7) is 4.96. The molecule has 162 valence electrons. The molecule has 0 radical (unpaired) electrons. The third-order valence-corrected chi connectivity index (χ3v) is 8.74. The topological polar surface area (TPSA) is 64.7 Å². The monoisotopic (exact) mass is 402 g/mol. The van der Waals surface area contributed by atoms with Crippen LogP contribution in [0.2, 0.25) is 0 Å². The van der Waals surface area contributed by atoms with Gasteiger partial charge in [0.15, 0.2) is 0 Å². The van der Waals surface area contributed by atoms with Gasteiger partial charge in [0.2, 0.25) is 11.8 Å². The predicted molar refractivity (Wildman–Crippen MR) is 112 cm³/mol. The van der Waals surface area contributed by atoms with Gasteiger partial charge in [0.05, 0.1) is 0 Å². The molecule has 3 unspecified atom stereocenters. The van der Waals surface area contributed by atoms with Crippen LogP contribution in [0.5, 0.6) is 0 Å². The number of hydrogen-bond acceptors (Lipinski definition) is 4. The van der Waals surface area contributed by atoms with E-state index in [9.17, 15) is 9.59 Å². The van der Waals surface area contributed by atoms with Crippen LogP contribution < -0.4 is 10.9 Å². The molecule has 0 aromatic rings. The van der Waals surface area contributed by atoms with Gasteiger partial charge in [-0.25, -0.2) is 0 Å². The standard InChI is InChI=1S/C23H38N4O2/c1-23(10-11-23)22(29)27-14-12-26(13-15-27)21(28)17-8-6-16(7-9-17)20-18-4-2-3-5-19(18)24-25-20/h16-20,24-25H,2-15H2,1H3. The van der Waals surface area contributed by atoms with E-state index in [-0.39, 0.29) is 11.3 Å². The Balaban J connectivity index is 1.09. The van der Waals surface area contributed by atoms with E-state index >= 15 is 0 Å². The molecule has 0 bridgehead atoms. The molecule has 3 aliphatic carbocycles. The molecule has 2 amide bonds. The number of hydrazine groups is 1. The molecular formula is C23H38N4O2. The van der Waals surface area contributed by atoms with Crippen LogP contribution >= 0.6 is 0 Å². The fraction of sp³-hybridized carbons (Fsp3) is 0.913. The summed E-state index contributed by atoms with van der Waals surface area (Å²) in [5.74, 6) is 2.37. The molecular weight excluding hydrogens is 364 g/mol. The van der Waals surface area contributed by atoms with Crippen molar-refractivity contribution in [2.45, 2.75) is 83.2 Å². The molecule has 2 aliphatic heterocycles. The second kappa shape index (κ2) is 7.84. The van der Waals surface area contributed by atoms with E-state index < -0.39 is 0 Å². The summed E-state index contributed by atoms with van der Waals surface area (Å²) >= 11 is 0. The summed E-state index contributed by atoms with van der Waals surface area (Å²) in [7, 11) is 0. The summed E-state index contributed by atoms with van der Waals surface area (Å²) in [5.41, 5.74) is 7.10. The number of carbonyl (C=O) groups excluding carboxylic acids is 2. The maximum Gasteiger partial charge on any atom is 0.228 e. The average molecular weight is 403 g/mol. The van der Waals surface area contributed by atoms with Gasteiger partial charge in [0.25, 0.3) is 0 Å². The van der Waals surface area contributed by atoms with Crippen molar-refractivity contribution in [1.82, 2.24) is 20.7 Å². The van der Waals surface area contributed by atoms with Gasteiger partial charge in [-0.2, -0.15) is 0 Å². The minimum atomic E-state index is -0.0922. The quantitative estimate of drug-likeness (QED) is 0.760. The van der Waals surface area contributed by atoms with Crippen LogP contribution in [0.4, 0.5) is 0 Å². The molecule has 0 spiro atoms. The lowest BCUT2D eigenvalue weighted by Crippen LogP contribution is -2.53. The molecule has 3 saturated carbocycles. The summed E-state index contributed by atoms with van der Waals surface area (Å²) in [5, 5.41) is 0. The first-order valence-electron chi connectivity index (χ1n) is 12.1. The molecule has 2 N–H and O–H groups in total. The highest BCUT2D eigenvalue weighted by atomic mass is 16.2. The minimum Gasteiger partial charge on any atom is -0.339 e. The third kappa shape index (κ3) is 3.83. The zero-order valence-corrected chi connectivity index (χ0v) is 18.0. The first kappa shape index (κ1) is 19.8. The smallest absolute Gasteiger partial charge is 0.228 e. The number of piperazine rings is 1. The summed E-state index contributed by atoms with van der Waals surface area (Å²) < 4.78 is 0. The van der Waals surface area contributed by atoms with Crippen molar-refractivity contribution in [1.29, 1.82) is 0 Å². The van der Waals surface area contributed by atoms with Gasteiger partial charge in [0.1, 0.15) is 0 Å². The minimum absolute atomic E-state index is 0.0922. The van der Waals surface area contributed by atoms with Crippen LogP contribution in [-0.2, 0) is 9.59 Å². The lowest BCUT2D eigenvalue weighted by molar-refractivity contribution is -0.145. The zero-order valence-electron chi connectivity index (χ0n) is 18.0. The maximum atomic E-state index is 13.1. The molecule has 0 aromatic heterocycles. The number of hydrogen-bond donors (Lipinski definition) is 2. The molecule has 6 heteroatoms. The summed E-state index contributed by atoms with van der Waals surface area (Å²) in [6, 6.07) is 1.28. The molecule has 2 heterocycles. The zero-order chi connectivity index (χ0) is 20.0.